The maximum Gasteiger partial charge on any atom is 0.230 e. The number of rotatable bonds is 3. The van der Waals surface area contributed by atoms with Crippen LogP contribution in [-0.4, -0.2) is 24.0 Å². The largest absolute Gasteiger partial charge is 0.371 e. The van der Waals surface area contributed by atoms with Gasteiger partial charge in [-0.05, 0) is 37.2 Å². The van der Waals surface area contributed by atoms with Crippen molar-refractivity contribution in [2.75, 3.05) is 23.3 Å². The molecule has 0 unspecified atom stereocenters. The fraction of sp³-hybridized carbons (Fsp3) is 0.625. The van der Waals surface area contributed by atoms with E-state index in [1.165, 1.54) is 24.9 Å². The van der Waals surface area contributed by atoms with Gasteiger partial charge in [0, 0.05) is 30.5 Å². The lowest BCUT2D eigenvalue weighted by Crippen LogP contribution is -2.34. The second-order valence-corrected chi connectivity index (χ2v) is 6.44. The van der Waals surface area contributed by atoms with Crippen LogP contribution in [0.2, 0.25) is 0 Å². The lowest BCUT2D eigenvalue weighted by molar-refractivity contribution is -0.115. The summed E-state index contributed by atoms with van der Waals surface area (Å²) in [6.45, 7) is 6.81. The summed E-state index contributed by atoms with van der Waals surface area (Å²) in [6.07, 6.45) is 6.14. The van der Waals surface area contributed by atoms with Crippen LogP contribution in [0, 0.1) is 11.8 Å². The Labute approximate surface area is 120 Å². The molecule has 3 heterocycles. The number of anilines is 2. The molecule has 108 valence electrons. The Balaban J connectivity index is 1.70. The molecular weight excluding hydrogens is 250 g/mol. The third-order valence-corrected chi connectivity index (χ3v) is 4.39. The number of fused-ring (bicyclic) bond motifs is 1. The van der Waals surface area contributed by atoms with Crippen molar-refractivity contribution in [3.63, 3.8) is 0 Å². The van der Waals surface area contributed by atoms with Crippen molar-refractivity contribution < 1.29 is 4.79 Å². The number of aromatic nitrogens is 1. The molecule has 0 saturated carbocycles. The highest BCUT2D eigenvalue weighted by Gasteiger charge is 2.27. The van der Waals surface area contributed by atoms with E-state index in [1.807, 2.05) is 0 Å². The van der Waals surface area contributed by atoms with E-state index in [1.54, 1.807) is 6.20 Å². The summed E-state index contributed by atoms with van der Waals surface area (Å²) in [6, 6.07) is 2.06. The summed E-state index contributed by atoms with van der Waals surface area (Å²) >= 11 is 0. The van der Waals surface area contributed by atoms with Gasteiger partial charge in [-0.15, -0.1) is 0 Å². The summed E-state index contributed by atoms with van der Waals surface area (Å²) in [7, 11) is 0. The first-order valence-corrected chi connectivity index (χ1v) is 7.66. The molecule has 2 aliphatic heterocycles. The molecule has 1 saturated heterocycles. The lowest BCUT2D eigenvalue weighted by Gasteiger charge is -2.35. The topological polar surface area (TPSA) is 45.2 Å². The number of nitrogens with zero attached hydrogens (tertiary/aromatic N) is 2. The SMILES string of the molecule is CC(C)CC1CCN(c2ccnc3c2CC(=O)N3)CC1. The van der Waals surface area contributed by atoms with Gasteiger partial charge >= 0.3 is 0 Å². The van der Waals surface area contributed by atoms with Crippen LogP contribution in [0.15, 0.2) is 12.3 Å². The van der Waals surface area contributed by atoms with E-state index < -0.39 is 0 Å². The van der Waals surface area contributed by atoms with Crippen molar-refractivity contribution in [2.45, 2.75) is 39.5 Å². The first-order valence-electron chi connectivity index (χ1n) is 7.66. The first kappa shape index (κ1) is 13.4. The fourth-order valence-electron chi connectivity index (χ4n) is 3.47. The van der Waals surface area contributed by atoms with Gasteiger partial charge in [-0.3, -0.25) is 4.79 Å². The molecule has 4 heteroatoms. The smallest absolute Gasteiger partial charge is 0.230 e. The van der Waals surface area contributed by atoms with E-state index in [2.05, 4.69) is 35.1 Å². The summed E-state index contributed by atoms with van der Waals surface area (Å²) in [5.74, 6) is 2.48. The monoisotopic (exact) mass is 273 g/mol. The van der Waals surface area contributed by atoms with Crippen LogP contribution >= 0.6 is 0 Å². The zero-order valence-electron chi connectivity index (χ0n) is 12.4. The Kier molecular flexibility index (Phi) is 3.64. The van der Waals surface area contributed by atoms with Crippen LogP contribution in [0.4, 0.5) is 11.5 Å². The van der Waals surface area contributed by atoms with E-state index in [0.717, 1.165) is 36.3 Å². The summed E-state index contributed by atoms with van der Waals surface area (Å²) < 4.78 is 0. The lowest BCUT2D eigenvalue weighted by atomic mass is 9.88. The molecule has 0 aromatic carbocycles. The maximum atomic E-state index is 11.5. The standard InChI is InChI=1S/C16H23N3O/c1-11(2)9-12-4-7-19(8-5-12)14-3-6-17-16-13(14)10-15(20)18-16/h3,6,11-12H,4-5,7-10H2,1-2H3,(H,17,18,20). The Hall–Kier alpha value is -1.58. The number of piperidine rings is 1. The molecule has 2 aliphatic rings. The molecule has 3 rings (SSSR count). The number of carbonyl (C=O) groups excluding carboxylic acids is 1. The molecule has 0 aliphatic carbocycles. The van der Waals surface area contributed by atoms with Gasteiger partial charge in [0.2, 0.25) is 5.91 Å². The van der Waals surface area contributed by atoms with Crippen molar-refractivity contribution >= 4 is 17.4 Å². The number of hydrogen-bond donors (Lipinski definition) is 1. The average Bonchev–Trinajstić information content (AvgIpc) is 2.79. The van der Waals surface area contributed by atoms with Crippen molar-refractivity contribution in [1.82, 2.24) is 4.98 Å². The minimum absolute atomic E-state index is 0.0645. The zero-order chi connectivity index (χ0) is 14.1. The second-order valence-electron chi connectivity index (χ2n) is 6.44. The second kappa shape index (κ2) is 5.43. The number of amides is 1. The average molecular weight is 273 g/mol. The molecular formula is C16H23N3O. The molecule has 0 radical (unpaired) electrons. The third-order valence-electron chi connectivity index (χ3n) is 4.39. The van der Waals surface area contributed by atoms with E-state index in [4.69, 9.17) is 0 Å². The van der Waals surface area contributed by atoms with Gasteiger partial charge in [0.05, 0.1) is 6.42 Å². The van der Waals surface area contributed by atoms with Gasteiger partial charge in [0.1, 0.15) is 5.82 Å². The fourth-order valence-corrected chi connectivity index (χ4v) is 3.47. The predicted octanol–water partition coefficient (Wildman–Crippen LogP) is 2.84. The van der Waals surface area contributed by atoms with Gasteiger partial charge in [-0.1, -0.05) is 13.8 Å². The highest BCUT2D eigenvalue weighted by Crippen LogP contribution is 2.33. The van der Waals surface area contributed by atoms with Crippen molar-refractivity contribution in [3.05, 3.63) is 17.8 Å². The first-order chi connectivity index (χ1) is 9.63. The van der Waals surface area contributed by atoms with E-state index in [9.17, 15) is 4.79 Å². The quantitative estimate of drug-likeness (QED) is 0.921. The van der Waals surface area contributed by atoms with Crippen molar-refractivity contribution in [3.8, 4) is 0 Å². The highest BCUT2D eigenvalue weighted by molar-refractivity contribution is 6.00. The van der Waals surface area contributed by atoms with Crippen LogP contribution in [0.1, 0.15) is 38.7 Å². The number of pyridine rings is 1. The minimum Gasteiger partial charge on any atom is -0.371 e. The Morgan fingerprint density at radius 3 is 2.85 bits per heavy atom. The van der Waals surface area contributed by atoms with E-state index in [-0.39, 0.29) is 5.91 Å². The molecule has 20 heavy (non-hydrogen) atoms. The minimum atomic E-state index is 0.0645. The van der Waals surface area contributed by atoms with E-state index in [0.29, 0.717) is 6.42 Å². The summed E-state index contributed by atoms with van der Waals surface area (Å²) in [4.78, 5) is 18.2. The Morgan fingerprint density at radius 1 is 1.40 bits per heavy atom. The molecule has 1 aromatic heterocycles. The van der Waals surface area contributed by atoms with Gasteiger partial charge in [-0.25, -0.2) is 4.98 Å². The molecule has 1 aromatic rings. The van der Waals surface area contributed by atoms with Crippen LogP contribution in [-0.2, 0) is 11.2 Å². The van der Waals surface area contributed by atoms with Crippen molar-refractivity contribution in [2.24, 2.45) is 11.8 Å². The molecule has 1 fully saturated rings. The summed E-state index contributed by atoms with van der Waals surface area (Å²) in [5.41, 5.74) is 2.29. The van der Waals surface area contributed by atoms with Crippen LogP contribution in [0.25, 0.3) is 0 Å². The molecule has 0 atom stereocenters. The predicted molar refractivity (Wildman–Crippen MR) is 81.0 cm³/mol. The number of nitrogens with one attached hydrogen (secondary N) is 1. The van der Waals surface area contributed by atoms with Crippen LogP contribution < -0.4 is 10.2 Å². The van der Waals surface area contributed by atoms with E-state index >= 15 is 0 Å². The third kappa shape index (κ3) is 2.65. The maximum absolute atomic E-state index is 11.5. The number of hydrogen-bond acceptors (Lipinski definition) is 3. The molecule has 0 bridgehead atoms. The molecule has 4 nitrogen and oxygen atoms in total. The highest BCUT2D eigenvalue weighted by atomic mass is 16.1. The Bertz CT molecular complexity index is 504. The van der Waals surface area contributed by atoms with Gasteiger partial charge in [0.25, 0.3) is 0 Å². The van der Waals surface area contributed by atoms with Gasteiger partial charge < -0.3 is 10.2 Å². The van der Waals surface area contributed by atoms with Crippen LogP contribution in [0.3, 0.4) is 0 Å². The Morgan fingerprint density at radius 2 is 2.15 bits per heavy atom. The zero-order valence-corrected chi connectivity index (χ0v) is 12.4. The van der Waals surface area contributed by atoms with Gasteiger partial charge in [-0.2, -0.15) is 0 Å². The molecule has 1 N–H and O–H groups in total. The molecule has 1 amide bonds. The summed E-state index contributed by atoms with van der Waals surface area (Å²) in [5, 5.41) is 2.84. The van der Waals surface area contributed by atoms with Crippen LogP contribution in [0.5, 0.6) is 0 Å². The van der Waals surface area contributed by atoms with Gasteiger partial charge in [0.15, 0.2) is 0 Å². The normalized spacial score (nSPS) is 19.4. The number of carbonyl (C=O) groups is 1. The molecule has 0 spiro atoms. The van der Waals surface area contributed by atoms with Crippen molar-refractivity contribution in [1.29, 1.82) is 0 Å².